The predicted molar refractivity (Wildman–Crippen MR) is 98.6 cm³/mol. The van der Waals surface area contributed by atoms with Gasteiger partial charge in [-0.1, -0.05) is 58.0 Å². The standard InChI is InChI=1S/C6HCl5O.C4H13N3.C2H4O2.Na.H/c7-1-2(8)4(10)6(12)5(11)3(1)9;5-1-3-7-4-2-6;1-2(3)4;;/h12H;7H,1-6H2;1H3,(H,3,4);;/q;;;+1;-1. The van der Waals surface area contributed by atoms with Crippen LogP contribution in [0.25, 0.3) is 0 Å². The molecule has 0 amide bonds. The Balaban J connectivity index is -0.000000147. The van der Waals surface area contributed by atoms with Crippen LogP contribution < -0.4 is 46.3 Å². The molecular formula is C12H19Cl5N3NaO3. The molecule has 0 atom stereocenters. The van der Waals surface area contributed by atoms with Crippen LogP contribution in [0.4, 0.5) is 0 Å². The van der Waals surface area contributed by atoms with Gasteiger partial charge in [0.1, 0.15) is 10.0 Å². The van der Waals surface area contributed by atoms with E-state index in [9.17, 15) is 5.11 Å². The molecule has 0 aliphatic rings. The van der Waals surface area contributed by atoms with Gasteiger partial charge in [-0.25, -0.2) is 0 Å². The molecule has 6 nitrogen and oxygen atoms in total. The number of nitrogens with two attached hydrogens (primary N) is 2. The van der Waals surface area contributed by atoms with E-state index in [4.69, 9.17) is 79.4 Å². The number of aliphatic carboxylic acids is 1. The Morgan fingerprint density at radius 3 is 1.46 bits per heavy atom. The van der Waals surface area contributed by atoms with E-state index >= 15 is 0 Å². The summed E-state index contributed by atoms with van der Waals surface area (Å²) >= 11 is 27.9. The number of benzene rings is 1. The van der Waals surface area contributed by atoms with Gasteiger partial charge in [0.25, 0.3) is 5.97 Å². The molecule has 0 heterocycles. The molecule has 0 saturated carbocycles. The second-order valence-electron chi connectivity index (χ2n) is 3.76. The molecule has 0 aliphatic carbocycles. The van der Waals surface area contributed by atoms with Crippen molar-refractivity contribution in [3.05, 3.63) is 25.1 Å². The third kappa shape index (κ3) is 13.1. The molecule has 0 unspecified atom stereocenters. The number of hydrogen-bond acceptors (Lipinski definition) is 5. The van der Waals surface area contributed by atoms with Gasteiger partial charge in [-0.2, -0.15) is 0 Å². The van der Waals surface area contributed by atoms with Gasteiger partial charge in [0.2, 0.25) is 0 Å². The van der Waals surface area contributed by atoms with E-state index in [1.165, 1.54) is 0 Å². The molecule has 24 heavy (non-hydrogen) atoms. The number of hydrogen-bond donors (Lipinski definition) is 5. The average Bonchev–Trinajstić information content (AvgIpc) is 2.50. The van der Waals surface area contributed by atoms with E-state index in [0.29, 0.717) is 13.1 Å². The predicted octanol–water partition coefficient (Wildman–Crippen LogP) is 0.360. The van der Waals surface area contributed by atoms with Gasteiger partial charge in [-0.15, -0.1) is 0 Å². The second-order valence-corrected chi connectivity index (χ2v) is 5.65. The van der Waals surface area contributed by atoms with Crippen molar-refractivity contribution in [3.8, 4) is 5.75 Å². The summed E-state index contributed by atoms with van der Waals surface area (Å²) in [6.45, 7) is 4.22. The fourth-order valence-electron chi connectivity index (χ4n) is 0.922. The minimum atomic E-state index is -0.833. The van der Waals surface area contributed by atoms with Gasteiger partial charge in [0.15, 0.2) is 5.75 Å². The van der Waals surface area contributed by atoms with Crippen molar-refractivity contribution < 1.29 is 46.0 Å². The van der Waals surface area contributed by atoms with Crippen molar-refractivity contribution >= 4 is 64.0 Å². The van der Waals surface area contributed by atoms with Crippen LogP contribution in [-0.2, 0) is 4.79 Å². The monoisotopic (exact) mass is 451 g/mol. The molecule has 1 rings (SSSR count). The van der Waals surface area contributed by atoms with Crippen LogP contribution in [0.3, 0.4) is 0 Å². The van der Waals surface area contributed by atoms with Crippen molar-refractivity contribution in [1.82, 2.24) is 5.32 Å². The van der Waals surface area contributed by atoms with Crippen molar-refractivity contribution in [2.24, 2.45) is 11.5 Å². The summed E-state index contributed by atoms with van der Waals surface area (Å²) in [5.74, 6) is -1.20. The summed E-state index contributed by atoms with van der Waals surface area (Å²) in [7, 11) is 0. The molecule has 1 aromatic rings. The Bertz CT molecular complexity index is 402. The molecule has 0 spiro atoms. The Hall–Kier alpha value is 0.820. The number of aromatic hydroxyl groups is 1. The van der Waals surface area contributed by atoms with Crippen molar-refractivity contribution in [2.45, 2.75) is 6.92 Å². The first kappa shape index (κ1) is 29.6. The Labute approximate surface area is 189 Å². The van der Waals surface area contributed by atoms with Crippen LogP contribution in [0, 0.1) is 0 Å². The number of phenolic OH excluding ortho intramolecular Hbond substituents is 1. The van der Waals surface area contributed by atoms with Gasteiger partial charge in [0.05, 0.1) is 15.1 Å². The van der Waals surface area contributed by atoms with Crippen molar-refractivity contribution in [2.75, 3.05) is 26.2 Å². The van der Waals surface area contributed by atoms with E-state index < -0.39 is 5.97 Å². The summed E-state index contributed by atoms with van der Waals surface area (Å²) in [5.41, 5.74) is 10.3. The van der Waals surface area contributed by atoms with Crippen molar-refractivity contribution in [1.29, 1.82) is 0 Å². The van der Waals surface area contributed by atoms with Gasteiger partial charge < -0.3 is 28.4 Å². The maximum absolute atomic E-state index is 9.20. The Kier molecular flexibility index (Phi) is 21.3. The normalized spacial score (nSPS) is 9.00. The summed E-state index contributed by atoms with van der Waals surface area (Å²) in [6.07, 6.45) is 0. The molecule has 0 aromatic heterocycles. The zero-order chi connectivity index (χ0) is 18.6. The quantitative estimate of drug-likeness (QED) is 0.194. The molecule has 0 bridgehead atoms. The smallest absolute Gasteiger partial charge is 1.00 e. The minimum absolute atomic E-state index is 0. The topological polar surface area (TPSA) is 122 Å². The molecule has 0 radical (unpaired) electrons. The number of carboxylic acid groups (broad SMARTS) is 1. The van der Waals surface area contributed by atoms with Crippen LogP contribution in [0.15, 0.2) is 0 Å². The third-order valence-electron chi connectivity index (χ3n) is 1.83. The van der Waals surface area contributed by atoms with Gasteiger partial charge >= 0.3 is 29.6 Å². The molecular weight excluding hydrogens is 434 g/mol. The number of carbonyl (C=O) groups is 1. The Morgan fingerprint density at radius 1 is 0.958 bits per heavy atom. The molecule has 1 aromatic carbocycles. The SMILES string of the molecule is CC(=O)O.NCCNCCN.Oc1c(Cl)c(Cl)c(Cl)c(Cl)c1Cl.[H-].[Na+]. The second kappa shape index (κ2) is 17.2. The van der Waals surface area contributed by atoms with Crippen LogP contribution in [-0.4, -0.2) is 42.4 Å². The molecule has 136 valence electrons. The third-order valence-corrected chi connectivity index (χ3v) is 4.09. The van der Waals surface area contributed by atoms with E-state index in [-0.39, 0.29) is 61.8 Å². The minimum Gasteiger partial charge on any atom is -1.00 e. The van der Waals surface area contributed by atoms with Gasteiger partial charge in [-0.3, -0.25) is 4.79 Å². The van der Waals surface area contributed by atoms with E-state index in [2.05, 4.69) is 5.32 Å². The molecule has 0 fully saturated rings. The average molecular weight is 454 g/mol. The maximum atomic E-state index is 9.20. The summed E-state index contributed by atoms with van der Waals surface area (Å²) in [6, 6.07) is 0. The zero-order valence-corrected chi connectivity index (χ0v) is 19.0. The summed E-state index contributed by atoms with van der Waals surface area (Å²) < 4.78 is 0. The summed E-state index contributed by atoms with van der Waals surface area (Å²) in [4.78, 5) is 9.00. The number of phenols is 1. The van der Waals surface area contributed by atoms with E-state index in [0.717, 1.165) is 20.0 Å². The molecule has 0 aliphatic heterocycles. The molecule has 7 N–H and O–H groups in total. The number of rotatable bonds is 4. The number of carboxylic acids is 1. The molecule has 0 saturated heterocycles. The first-order valence-electron chi connectivity index (χ1n) is 6.12. The fourth-order valence-corrected chi connectivity index (χ4v) is 2.05. The number of nitrogens with one attached hydrogen (secondary N) is 1. The fraction of sp³-hybridized carbons (Fsp3) is 0.417. The van der Waals surface area contributed by atoms with Crippen LogP contribution in [0.2, 0.25) is 25.1 Å². The van der Waals surface area contributed by atoms with Gasteiger partial charge in [0, 0.05) is 33.1 Å². The largest absolute Gasteiger partial charge is 1.00 e. The van der Waals surface area contributed by atoms with Crippen LogP contribution >= 0.6 is 58.0 Å². The number of halogens is 5. The van der Waals surface area contributed by atoms with Crippen molar-refractivity contribution in [3.63, 3.8) is 0 Å². The first-order valence-corrected chi connectivity index (χ1v) is 8.01. The van der Waals surface area contributed by atoms with Gasteiger partial charge in [-0.05, 0) is 0 Å². The zero-order valence-electron chi connectivity index (χ0n) is 14.2. The first-order chi connectivity index (χ1) is 10.6. The summed E-state index contributed by atoms with van der Waals surface area (Å²) in [5, 5.41) is 19.5. The molecule has 12 heteroatoms. The maximum Gasteiger partial charge on any atom is 1.00 e. The van der Waals surface area contributed by atoms with Crippen LogP contribution in [0.5, 0.6) is 5.75 Å². The van der Waals surface area contributed by atoms with E-state index in [1.807, 2.05) is 0 Å². The Morgan fingerprint density at radius 2 is 1.21 bits per heavy atom. The van der Waals surface area contributed by atoms with E-state index in [1.54, 1.807) is 0 Å². The van der Waals surface area contributed by atoms with Crippen LogP contribution in [0.1, 0.15) is 8.35 Å².